The van der Waals surface area contributed by atoms with Crippen molar-refractivity contribution in [2.75, 3.05) is 0 Å². The lowest BCUT2D eigenvalue weighted by molar-refractivity contribution is -0.141. The summed E-state index contributed by atoms with van der Waals surface area (Å²) in [6.07, 6.45) is -2.21. The monoisotopic (exact) mass is 305 g/mol. The van der Waals surface area contributed by atoms with Crippen molar-refractivity contribution >= 4 is 22.2 Å². The summed E-state index contributed by atoms with van der Waals surface area (Å²) in [5.41, 5.74) is -5.69. The lowest BCUT2D eigenvalue weighted by Gasteiger charge is -2.14. The molecule has 0 aromatic heterocycles. The average molecular weight is 305 g/mol. The molecule has 1 unspecified atom stereocenters. The predicted molar refractivity (Wildman–Crippen MR) is 50.0 cm³/mol. The SMILES string of the molecule is O=C(O)C1CC(OS(=O)(=O)C(F)(F)F)=CN1C(=O)O. The first-order valence-corrected chi connectivity index (χ1v) is 5.82. The maximum atomic E-state index is 12.0. The Morgan fingerprint density at radius 3 is 2.21 bits per heavy atom. The summed E-state index contributed by atoms with van der Waals surface area (Å²) in [7, 11) is -5.96. The lowest BCUT2D eigenvalue weighted by atomic mass is 10.2. The number of hydrogen-bond acceptors (Lipinski definition) is 5. The van der Waals surface area contributed by atoms with Gasteiger partial charge in [-0.1, -0.05) is 0 Å². The fraction of sp³-hybridized carbons (Fsp3) is 0.429. The molecule has 1 rings (SSSR count). The quantitative estimate of drug-likeness (QED) is 0.576. The van der Waals surface area contributed by atoms with Crippen LogP contribution in [0.15, 0.2) is 12.0 Å². The Morgan fingerprint density at radius 1 is 1.37 bits per heavy atom. The summed E-state index contributed by atoms with van der Waals surface area (Å²) in [6.45, 7) is 0. The van der Waals surface area contributed by atoms with Crippen molar-refractivity contribution in [2.45, 2.75) is 18.0 Å². The van der Waals surface area contributed by atoms with Gasteiger partial charge in [-0.15, -0.1) is 0 Å². The Balaban J connectivity index is 2.97. The minimum atomic E-state index is -5.96. The number of amides is 1. The van der Waals surface area contributed by atoms with Gasteiger partial charge in [-0.2, -0.15) is 21.6 Å². The van der Waals surface area contributed by atoms with Crippen LogP contribution < -0.4 is 0 Å². The second-order valence-electron chi connectivity index (χ2n) is 3.33. The molecule has 1 heterocycles. The molecule has 1 aliphatic heterocycles. The number of nitrogens with zero attached hydrogens (tertiary/aromatic N) is 1. The molecule has 2 N–H and O–H groups in total. The molecule has 19 heavy (non-hydrogen) atoms. The molecule has 0 bridgehead atoms. The highest BCUT2D eigenvalue weighted by atomic mass is 32.2. The summed E-state index contributed by atoms with van der Waals surface area (Å²) >= 11 is 0. The molecule has 1 amide bonds. The Kier molecular flexibility index (Phi) is 3.65. The van der Waals surface area contributed by atoms with Gasteiger partial charge < -0.3 is 14.4 Å². The van der Waals surface area contributed by atoms with Gasteiger partial charge in [-0.05, 0) is 0 Å². The molecule has 0 fully saturated rings. The smallest absolute Gasteiger partial charge is 0.480 e. The average Bonchev–Trinajstić information content (AvgIpc) is 2.59. The van der Waals surface area contributed by atoms with Crippen molar-refractivity contribution < 1.29 is 45.6 Å². The third kappa shape index (κ3) is 3.07. The number of halogens is 3. The van der Waals surface area contributed by atoms with Gasteiger partial charge >= 0.3 is 27.7 Å². The number of carboxylic acids is 1. The van der Waals surface area contributed by atoms with Crippen molar-refractivity contribution in [2.24, 2.45) is 0 Å². The standard InChI is InChI=1S/C7H6F3NO7S/c8-7(9,10)19(16,17)18-3-1-4(5(12)13)11(2-3)6(14)15/h2,4H,1H2,(H,12,13)(H,14,15). The molecular formula is C7H6F3NO7S. The predicted octanol–water partition coefficient (Wildman–Crippen LogP) is 0.531. The van der Waals surface area contributed by atoms with E-state index in [2.05, 4.69) is 4.18 Å². The van der Waals surface area contributed by atoms with E-state index in [4.69, 9.17) is 10.2 Å². The molecule has 1 atom stereocenters. The maximum absolute atomic E-state index is 12.0. The molecule has 0 saturated heterocycles. The van der Waals surface area contributed by atoms with E-state index in [1.54, 1.807) is 0 Å². The van der Waals surface area contributed by atoms with Crippen molar-refractivity contribution in [1.29, 1.82) is 0 Å². The second kappa shape index (κ2) is 4.60. The molecule has 12 heteroatoms. The van der Waals surface area contributed by atoms with Crippen LogP contribution in [0.3, 0.4) is 0 Å². The van der Waals surface area contributed by atoms with Crippen LogP contribution in [0.25, 0.3) is 0 Å². The lowest BCUT2D eigenvalue weighted by Crippen LogP contribution is -2.37. The summed E-state index contributed by atoms with van der Waals surface area (Å²) in [4.78, 5) is 21.4. The summed E-state index contributed by atoms with van der Waals surface area (Å²) in [5.74, 6) is -2.58. The zero-order valence-electron chi connectivity index (χ0n) is 8.79. The van der Waals surface area contributed by atoms with E-state index in [0.717, 1.165) is 0 Å². The van der Waals surface area contributed by atoms with E-state index in [9.17, 15) is 31.2 Å². The zero-order valence-corrected chi connectivity index (χ0v) is 9.60. The number of rotatable bonds is 3. The molecule has 0 radical (unpaired) electrons. The highest BCUT2D eigenvalue weighted by molar-refractivity contribution is 7.87. The summed E-state index contributed by atoms with van der Waals surface area (Å²) < 4.78 is 61.0. The van der Waals surface area contributed by atoms with Crippen LogP contribution >= 0.6 is 0 Å². The van der Waals surface area contributed by atoms with Gasteiger partial charge in [0.05, 0.1) is 6.20 Å². The number of aliphatic carboxylic acids is 1. The fourth-order valence-electron chi connectivity index (χ4n) is 1.23. The van der Waals surface area contributed by atoms with Crippen LogP contribution in [-0.2, 0) is 19.1 Å². The molecule has 0 aromatic carbocycles. The van der Waals surface area contributed by atoms with E-state index >= 15 is 0 Å². The van der Waals surface area contributed by atoms with Gasteiger partial charge in [0.25, 0.3) is 0 Å². The van der Waals surface area contributed by atoms with E-state index in [1.165, 1.54) is 0 Å². The molecule has 0 aromatic rings. The largest absolute Gasteiger partial charge is 0.534 e. The van der Waals surface area contributed by atoms with Gasteiger partial charge in [-0.25, -0.2) is 9.59 Å². The number of carboxylic acid groups (broad SMARTS) is 2. The first-order valence-electron chi connectivity index (χ1n) is 4.41. The summed E-state index contributed by atoms with van der Waals surface area (Å²) in [6, 6.07) is -1.74. The second-order valence-corrected chi connectivity index (χ2v) is 4.86. The maximum Gasteiger partial charge on any atom is 0.534 e. The molecule has 0 spiro atoms. The molecular weight excluding hydrogens is 299 g/mol. The Hall–Kier alpha value is -1.98. The van der Waals surface area contributed by atoms with E-state index < -0.39 is 45.9 Å². The Labute approximate surface area is 103 Å². The normalized spacial score (nSPS) is 20.1. The number of alkyl halides is 3. The first kappa shape index (κ1) is 15.1. The van der Waals surface area contributed by atoms with Crippen molar-refractivity contribution in [3.05, 3.63) is 12.0 Å². The van der Waals surface area contributed by atoms with Crippen LogP contribution in [0.1, 0.15) is 6.42 Å². The van der Waals surface area contributed by atoms with E-state index in [0.29, 0.717) is 6.20 Å². The minimum Gasteiger partial charge on any atom is -0.480 e. The third-order valence-electron chi connectivity index (χ3n) is 2.02. The van der Waals surface area contributed by atoms with E-state index in [-0.39, 0.29) is 4.90 Å². The van der Waals surface area contributed by atoms with Crippen LogP contribution in [-0.4, -0.2) is 47.1 Å². The minimum absolute atomic E-state index is 0.142. The topological polar surface area (TPSA) is 121 Å². The van der Waals surface area contributed by atoms with E-state index in [1.807, 2.05) is 0 Å². The Morgan fingerprint density at radius 2 is 1.89 bits per heavy atom. The van der Waals surface area contributed by atoms with Gasteiger partial charge in [0, 0.05) is 6.42 Å². The van der Waals surface area contributed by atoms with Crippen molar-refractivity contribution in [1.82, 2.24) is 4.90 Å². The van der Waals surface area contributed by atoms with Gasteiger partial charge in [0.2, 0.25) is 0 Å². The van der Waals surface area contributed by atoms with Crippen molar-refractivity contribution in [3.8, 4) is 0 Å². The van der Waals surface area contributed by atoms with Crippen LogP contribution in [0.4, 0.5) is 18.0 Å². The van der Waals surface area contributed by atoms with Crippen LogP contribution in [0.2, 0.25) is 0 Å². The highest BCUT2D eigenvalue weighted by Crippen LogP contribution is 2.31. The van der Waals surface area contributed by atoms with Crippen molar-refractivity contribution in [3.63, 3.8) is 0 Å². The van der Waals surface area contributed by atoms with Gasteiger partial charge in [0.1, 0.15) is 11.8 Å². The zero-order chi connectivity index (χ0) is 15.0. The van der Waals surface area contributed by atoms with Crippen LogP contribution in [0.5, 0.6) is 0 Å². The number of carbonyl (C=O) groups is 2. The molecule has 0 saturated carbocycles. The highest BCUT2D eigenvalue weighted by Gasteiger charge is 2.50. The molecule has 8 nitrogen and oxygen atoms in total. The molecule has 1 aliphatic rings. The fourth-order valence-corrected chi connectivity index (χ4v) is 1.71. The molecule has 108 valence electrons. The van der Waals surface area contributed by atoms with Gasteiger partial charge in [0.15, 0.2) is 0 Å². The first-order chi connectivity index (χ1) is 8.45. The Bertz CT molecular complexity index is 537. The van der Waals surface area contributed by atoms with Gasteiger partial charge in [-0.3, -0.25) is 4.90 Å². The third-order valence-corrected chi connectivity index (χ3v) is 3.02. The summed E-state index contributed by atoms with van der Waals surface area (Å²) in [5, 5.41) is 17.2. The number of hydrogen-bond donors (Lipinski definition) is 2. The van der Waals surface area contributed by atoms with Crippen LogP contribution in [0, 0.1) is 0 Å². The molecule has 0 aliphatic carbocycles.